The number of carboxylic acid groups (broad SMARTS) is 1. The van der Waals surface area contributed by atoms with Crippen molar-refractivity contribution in [3.8, 4) is 0 Å². The Morgan fingerprint density at radius 2 is 2.16 bits per heavy atom. The Morgan fingerprint density at radius 1 is 1.42 bits per heavy atom. The van der Waals surface area contributed by atoms with Gasteiger partial charge in [-0.15, -0.1) is 0 Å². The van der Waals surface area contributed by atoms with Crippen molar-refractivity contribution >= 4 is 17.6 Å². The first-order valence-corrected chi connectivity index (χ1v) is 6.45. The van der Waals surface area contributed by atoms with Crippen molar-refractivity contribution in [3.05, 3.63) is 29.8 Å². The van der Waals surface area contributed by atoms with Gasteiger partial charge in [-0.2, -0.15) is 0 Å². The highest BCUT2D eigenvalue weighted by Gasteiger charge is 2.31. The fourth-order valence-electron chi connectivity index (χ4n) is 2.32. The zero-order valence-electron chi connectivity index (χ0n) is 10.9. The van der Waals surface area contributed by atoms with Gasteiger partial charge in [0.1, 0.15) is 0 Å². The number of anilines is 1. The van der Waals surface area contributed by atoms with Gasteiger partial charge >= 0.3 is 5.97 Å². The normalized spacial score (nSPS) is 17.9. The van der Waals surface area contributed by atoms with Crippen LogP contribution >= 0.6 is 0 Å². The van der Waals surface area contributed by atoms with E-state index >= 15 is 0 Å². The summed E-state index contributed by atoms with van der Waals surface area (Å²) in [5.41, 5.74) is 1.76. The molecule has 5 heteroatoms. The predicted octanol–water partition coefficient (Wildman–Crippen LogP) is 0.886. The Hall–Kier alpha value is -1.88. The van der Waals surface area contributed by atoms with Gasteiger partial charge in [0, 0.05) is 12.2 Å². The largest absolute Gasteiger partial charge is 0.481 e. The van der Waals surface area contributed by atoms with Crippen molar-refractivity contribution in [1.29, 1.82) is 0 Å². The maximum Gasteiger partial charge on any atom is 0.308 e. The number of amides is 1. The summed E-state index contributed by atoms with van der Waals surface area (Å²) < 4.78 is 0. The fraction of sp³-hybridized carbons (Fsp3) is 0.429. The Balaban J connectivity index is 2.26. The van der Waals surface area contributed by atoms with Crippen LogP contribution in [0.15, 0.2) is 24.3 Å². The molecule has 102 valence electrons. The number of fused-ring (bicyclic) bond motifs is 1. The van der Waals surface area contributed by atoms with Crippen LogP contribution in [0.4, 0.5) is 5.69 Å². The van der Waals surface area contributed by atoms with Gasteiger partial charge in [0.2, 0.25) is 5.91 Å². The van der Waals surface area contributed by atoms with Gasteiger partial charge in [0.15, 0.2) is 0 Å². The smallest absolute Gasteiger partial charge is 0.308 e. The quantitative estimate of drug-likeness (QED) is 0.845. The minimum Gasteiger partial charge on any atom is -0.481 e. The lowest BCUT2D eigenvalue weighted by molar-refractivity contribution is -0.141. The zero-order chi connectivity index (χ0) is 13.8. The van der Waals surface area contributed by atoms with E-state index in [-0.39, 0.29) is 19.0 Å². The molecule has 1 heterocycles. The predicted molar refractivity (Wildman–Crippen MR) is 72.2 cm³/mol. The lowest BCUT2D eigenvalue weighted by Crippen LogP contribution is -2.46. The fourth-order valence-corrected chi connectivity index (χ4v) is 2.32. The molecule has 1 aromatic rings. The molecule has 0 aromatic heterocycles. The first-order valence-electron chi connectivity index (χ1n) is 6.45. The number of benzene rings is 1. The molecule has 0 saturated heterocycles. The van der Waals surface area contributed by atoms with Gasteiger partial charge in [-0.3, -0.25) is 9.59 Å². The standard InChI is InChI=1S/C14H18N2O3/c1-2-15-8-13(17)16-9-11(14(18)19)7-10-5-3-4-6-12(10)16/h3-6,11,15H,2,7-9H2,1H3,(H,18,19). The Bertz CT molecular complexity index is 487. The monoisotopic (exact) mass is 262 g/mol. The van der Waals surface area contributed by atoms with E-state index < -0.39 is 11.9 Å². The number of rotatable bonds is 4. The second-order valence-corrected chi connectivity index (χ2v) is 4.65. The number of hydrogen-bond donors (Lipinski definition) is 2. The second-order valence-electron chi connectivity index (χ2n) is 4.65. The first kappa shape index (κ1) is 13.5. The number of carbonyl (C=O) groups is 2. The molecule has 0 bridgehead atoms. The van der Waals surface area contributed by atoms with Crippen LogP contribution in [0, 0.1) is 5.92 Å². The summed E-state index contributed by atoms with van der Waals surface area (Å²) in [5, 5.41) is 12.2. The molecule has 1 aliphatic rings. The summed E-state index contributed by atoms with van der Waals surface area (Å²) in [6.45, 7) is 3.12. The van der Waals surface area contributed by atoms with Crippen LogP contribution in [0.1, 0.15) is 12.5 Å². The molecule has 19 heavy (non-hydrogen) atoms. The summed E-state index contributed by atoms with van der Waals surface area (Å²) >= 11 is 0. The van der Waals surface area contributed by atoms with Crippen molar-refractivity contribution in [1.82, 2.24) is 5.32 Å². The highest BCUT2D eigenvalue weighted by molar-refractivity contribution is 5.97. The van der Waals surface area contributed by atoms with Gasteiger partial charge < -0.3 is 15.3 Å². The van der Waals surface area contributed by atoms with E-state index in [1.807, 2.05) is 31.2 Å². The van der Waals surface area contributed by atoms with Gasteiger partial charge in [0.05, 0.1) is 12.5 Å². The lowest BCUT2D eigenvalue weighted by atomic mass is 9.92. The van der Waals surface area contributed by atoms with Crippen LogP contribution in [-0.4, -0.2) is 36.6 Å². The molecule has 2 N–H and O–H groups in total. The third-order valence-corrected chi connectivity index (χ3v) is 3.33. The summed E-state index contributed by atoms with van der Waals surface area (Å²) in [4.78, 5) is 24.9. The van der Waals surface area contributed by atoms with E-state index in [0.717, 1.165) is 11.3 Å². The van der Waals surface area contributed by atoms with E-state index in [2.05, 4.69) is 5.32 Å². The molecule has 1 unspecified atom stereocenters. The van der Waals surface area contributed by atoms with E-state index in [9.17, 15) is 14.7 Å². The Kier molecular flexibility index (Phi) is 4.16. The molecule has 0 spiro atoms. The lowest BCUT2D eigenvalue weighted by Gasteiger charge is -2.33. The topological polar surface area (TPSA) is 69.6 Å². The van der Waals surface area contributed by atoms with Crippen LogP contribution in [0.2, 0.25) is 0 Å². The van der Waals surface area contributed by atoms with Gasteiger partial charge in [-0.1, -0.05) is 25.1 Å². The number of para-hydroxylation sites is 1. The molecule has 5 nitrogen and oxygen atoms in total. The molecule has 0 radical (unpaired) electrons. The maximum atomic E-state index is 12.2. The third-order valence-electron chi connectivity index (χ3n) is 3.33. The highest BCUT2D eigenvalue weighted by atomic mass is 16.4. The molecule has 1 aliphatic heterocycles. The van der Waals surface area contributed by atoms with Crippen LogP contribution in [-0.2, 0) is 16.0 Å². The van der Waals surface area contributed by atoms with Crippen molar-refractivity contribution in [3.63, 3.8) is 0 Å². The number of carbonyl (C=O) groups excluding carboxylic acids is 1. The number of nitrogens with one attached hydrogen (secondary N) is 1. The molecule has 1 atom stereocenters. The summed E-state index contributed by atoms with van der Waals surface area (Å²) in [6, 6.07) is 7.50. The van der Waals surface area contributed by atoms with Crippen molar-refractivity contribution < 1.29 is 14.7 Å². The van der Waals surface area contributed by atoms with Crippen LogP contribution < -0.4 is 10.2 Å². The van der Waals surface area contributed by atoms with E-state index in [4.69, 9.17) is 0 Å². The average Bonchev–Trinajstić information content (AvgIpc) is 2.43. The Labute approximate surface area is 112 Å². The third kappa shape index (κ3) is 2.93. The molecule has 0 saturated carbocycles. The molecular weight excluding hydrogens is 244 g/mol. The summed E-state index contributed by atoms with van der Waals surface area (Å²) in [7, 11) is 0. The second kappa shape index (κ2) is 5.84. The highest BCUT2D eigenvalue weighted by Crippen LogP contribution is 2.29. The zero-order valence-corrected chi connectivity index (χ0v) is 10.9. The average molecular weight is 262 g/mol. The van der Waals surface area contributed by atoms with E-state index in [1.165, 1.54) is 0 Å². The van der Waals surface area contributed by atoms with Crippen molar-refractivity contribution in [2.75, 3.05) is 24.5 Å². The van der Waals surface area contributed by atoms with Crippen LogP contribution in [0.3, 0.4) is 0 Å². The maximum absolute atomic E-state index is 12.2. The number of nitrogens with zero attached hydrogens (tertiary/aromatic N) is 1. The molecular formula is C14H18N2O3. The minimum absolute atomic E-state index is 0.0831. The molecule has 0 fully saturated rings. The molecule has 1 aromatic carbocycles. The number of likely N-dealkylation sites (N-methyl/N-ethyl adjacent to an activating group) is 1. The SMILES string of the molecule is CCNCC(=O)N1CC(C(=O)O)Cc2ccccc21. The van der Waals surface area contributed by atoms with Gasteiger partial charge in [0.25, 0.3) is 0 Å². The number of aliphatic carboxylic acids is 1. The summed E-state index contributed by atoms with van der Waals surface area (Å²) in [5.74, 6) is -1.46. The Morgan fingerprint density at radius 3 is 2.84 bits per heavy atom. The molecule has 1 amide bonds. The van der Waals surface area contributed by atoms with Crippen molar-refractivity contribution in [2.45, 2.75) is 13.3 Å². The molecule has 2 rings (SSSR count). The van der Waals surface area contributed by atoms with E-state index in [1.54, 1.807) is 4.90 Å². The van der Waals surface area contributed by atoms with Gasteiger partial charge in [-0.25, -0.2) is 0 Å². The van der Waals surface area contributed by atoms with Crippen LogP contribution in [0.5, 0.6) is 0 Å². The minimum atomic E-state index is -0.851. The molecule has 0 aliphatic carbocycles. The van der Waals surface area contributed by atoms with Gasteiger partial charge in [-0.05, 0) is 24.6 Å². The van der Waals surface area contributed by atoms with E-state index in [0.29, 0.717) is 13.0 Å². The number of carboxylic acids is 1. The van der Waals surface area contributed by atoms with Crippen LogP contribution in [0.25, 0.3) is 0 Å². The first-order chi connectivity index (χ1) is 9.13. The number of hydrogen-bond acceptors (Lipinski definition) is 3. The van der Waals surface area contributed by atoms with Crippen molar-refractivity contribution in [2.24, 2.45) is 5.92 Å². The summed E-state index contributed by atoms with van der Waals surface area (Å²) in [6.07, 6.45) is 0.483.